The second kappa shape index (κ2) is 15.2. The smallest absolute Gasteiger partial charge is 0.0311 e. The summed E-state index contributed by atoms with van der Waals surface area (Å²) in [6, 6.07) is 0. The molecule has 14 N–H and O–H groups in total. The van der Waals surface area contributed by atoms with Crippen molar-refractivity contribution in [2.24, 2.45) is 5.73 Å². The molecular weight excluding hydrogens is 216 g/mol. The van der Waals surface area contributed by atoms with Gasteiger partial charge in [0.15, 0.2) is 0 Å². The lowest BCUT2D eigenvalue weighted by Crippen LogP contribution is -2.23. The first kappa shape index (κ1) is 29.2. The Morgan fingerprint density at radius 2 is 1.43 bits per heavy atom. The lowest BCUT2D eigenvalue weighted by atomic mass is 10.3. The molecule has 0 aliphatic carbocycles. The van der Waals surface area contributed by atoms with Crippen LogP contribution in [-0.4, -0.2) is 30.2 Å². The fraction of sp³-hybridized carbons (Fsp3) is 1.00. The molecule has 0 aromatic rings. The molecule has 0 aliphatic heterocycles. The van der Waals surface area contributed by atoms with E-state index in [9.17, 15) is 5.11 Å². The average Bonchev–Trinajstić information content (AvgIpc) is 1.58. The van der Waals surface area contributed by atoms with Crippen LogP contribution in [0.4, 0.5) is 0 Å². The Hall–Kier alpha value is -0.330. The van der Waals surface area contributed by atoms with Crippen molar-refractivity contribution in [1.82, 2.24) is 18.5 Å². The van der Waals surface area contributed by atoms with Crippen LogP contribution in [0.1, 0.15) is 13.3 Å². The summed E-state index contributed by atoms with van der Waals surface area (Å²) in [5.41, 5.74) is 5.03. The summed E-state index contributed by atoms with van der Waals surface area (Å²) in [5, 5.41) is 10.0. The Labute approximate surface area is 84.0 Å². The molecule has 0 aliphatic rings. The highest BCUT2D eigenvalue weighted by Crippen LogP contribution is 1.76. The van der Waals surface area contributed by atoms with Crippen molar-refractivity contribution in [2.75, 3.05) is 6.54 Å². The zero-order valence-corrected chi connectivity index (χ0v) is 9.83. The quantitative estimate of drug-likeness (QED) is 0.342. The minimum Gasteiger partial charge on any atom is -0.852 e. The first-order valence-corrected chi connectivity index (χ1v) is 4.13. The van der Waals surface area contributed by atoms with Gasteiger partial charge in [0.1, 0.15) is 0 Å². The molecule has 1 unspecified atom stereocenters. The molecule has 9 nitrogen and oxygen atoms in total. The van der Waals surface area contributed by atoms with Crippen molar-refractivity contribution in [2.45, 2.75) is 19.4 Å². The number of quaternary nitrogens is 3. The second-order valence-electron chi connectivity index (χ2n) is 1.80. The molecule has 0 spiro atoms. The van der Waals surface area contributed by atoms with Gasteiger partial charge in [-0.25, -0.2) is 0 Å². The van der Waals surface area contributed by atoms with Gasteiger partial charge in [0, 0.05) is 10.4 Å². The molecule has 0 radical (unpaired) electrons. The predicted octanol–water partition coefficient (Wildman–Crippen LogP) is -1.13. The third-order valence-corrected chi connectivity index (χ3v) is 0.573. The van der Waals surface area contributed by atoms with Crippen LogP contribution in [0.3, 0.4) is 0 Å². The molecule has 1 atom stereocenters. The summed E-state index contributed by atoms with van der Waals surface area (Å²) in [6.07, 6.45) is 0.120. The normalized spacial score (nSPS) is 10.4. The molecule has 0 rings (SSSR count). The minimum atomic E-state index is -5.17. The molecule has 0 fully saturated rings. The van der Waals surface area contributed by atoms with E-state index in [0.717, 1.165) is 0 Å². The Kier molecular flexibility index (Phi) is 31.6. The van der Waals surface area contributed by atoms with Crippen molar-refractivity contribution >= 4 is 10.4 Å². The number of nitrogens with two attached hydrogens (primary N) is 1. The third kappa shape index (κ3) is 186. The second-order valence-corrected chi connectivity index (χ2v) is 2.61. The van der Waals surface area contributed by atoms with Gasteiger partial charge in [0.05, 0.1) is 0 Å². The molecule has 0 aromatic heterocycles. The highest BCUT2D eigenvalue weighted by Gasteiger charge is 1.76. The van der Waals surface area contributed by atoms with E-state index in [2.05, 4.69) is 0 Å². The van der Waals surface area contributed by atoms with Crippen molar-refractivity contribution in [3.63, 3.8) is 0 Å². The average molecular weight is 238 g/mol. The van der Waals surface area contributed by atoms with Crippen LogP contribution >= 0.6 is 0 Å². The number of rotatable bonds is 2. The maximum absolute atomic E-state index is 10.0. The molecule has 14 heavy (non-hydrogen) atoms. The van der Waals surface area contributed by atoms with Gasteiger partial charge in [-0.2, -0.15) is 0 Å². The van der Waals surface area contributed by atoms with Gasteiger partial charge in [-0.1, -0.05) is 13.3 Å². The maximum atomic E-state index is 10.0. The topological polar surface area (TPSA) is 239 Å². The molecule has 0 aromatic carbocycles. The fourth-order valence-corrected chi connectivity index (χ4v) is 0.235. The van der Waals surface area contributed by atoms with Gasteiger partial charge in [-0.05, 0) is 6.54 Å². The lowest BCUT2D eigenvalue weighted by Gasteiger charge is -2.12. The Morgan fingerprint density at radius 1 is 1.21 bits per heavy atom. The standard InChI is InChI=1S/C4H10NO.3H3N.H2O4S/c1-4(6)2-3-5;;;;1-5(2,3)4/h4H,2-3,5H2,1H3;3*1H3;(H2,1,2,3,4)/q-1;;;;/p+1. The summed E-state index contributed by atoms with van der Waals surface area (Å²) in [7, 11) is -5.17. The van der Waals surface area contributed by atoms with Crippen molar-refractivity contribution in [3.8, 4) is 0 Å². The summed E-state index contributed by atoms with van der Waals surface area (Å²) >= 11 is 0. The van der Waals surface area contributed by atoms with E-state index < -0.39 is 16.5 Å². The van der Waals surface area contributed by atoms with E-state index in [0.29, 0.717) is 13.0 Å². The molecule has 0 amide bonds. The van der Waals surface area contributed by atoms with E-state index in [1.54, 1.807) is 6.92 Å². The minimum absolute atomic E-state index is 0. The van der Waals surface area contributed by atoms with E-state index in [-0.39, 0.29) is 18.5 Å². The molecule has 0 heterocycles. The van der Waals surface area contributed by atoms with Crippen molar-refractivity contribution in [3.05, 3.63) is 0 Å². The molecule has 0 bridgehead atoms. The van der Waals surface area contributed by atoms with Crippen LogP contribution in [0.5, 0.6) is 0 Å². The molecule has 10 heteroatoms. The van der Waals surface area contributed by atoms with Crippen LogP contribution < -0.4 is 29.3 Å². The zero-order chi connectivity index (χ0) is 9.49. The summed E-state index contributed by atoms with van der Waals surface area (Å²) in [4.78, 5) is 0. The fourth-order valence-electron chi connectivity index (χ4n) is 0.235. The highest BCUT2D eigenvalue weighted by atomic mass is 32.3. The zero-order valence-electron chi connectivity index (χ0n) is 9.02. The SMILES string of the molecule is CC([O-])CCN.O=S(=O)([O-])[O-].[NH4+].[NH4+].[NH4+]. The van der Waals surface area contributed by atoms with E-state index in [1.807, 2.05) is 0 Å². The van der Waals surface area contributed by atoms with Crippen molar-refractivity contribution in [1.29, 1.82) is 0 Å². The first-order chi connectivity index (χ1) is 4.77. The maximum Gasteiger partial charge on any atom is 0.0311 e. The van der Waals surface area contributed by atoms with Gasteiger partial charge in [0.25, 0.3) is 0 Å². The molecule has 94 valence electrons. The van der Waals surface area contributed by atoms with Gasteiger partial charge in [-0.3, -0.25) is 8.42 Å². The van der Waals surface area contributed by atoms with E-state index in [4.69, 9.17) is 23.3 Å². The molecule has 0 saturated carbocycles. The Balaban J connectivity index is -0.0000000321. The van der Waals surface area contributed by atoms with E-state index in [1.165, 1.54) is 0 Å². The number of hydrogen-bond donors (Lipinski definition) is 4. The predicted molar refractivity (Wildman–Crippen MR) is 51.6 cm³/mol. The van der Waals surface area contributed by atoms with Gasteiger partial charge in [-0.15, -0.1) is 6.10 Å². The third-order valence-electron chi connectivity index (χ3n) is 0.573. The Morgan fingerprint density at radius 3 is 1.43 bits per heavy atom. The summed E-state index contributed by atoms with van der Waals surface area (Å²) < 4.78 is 34.1. The van der Waals surface area contributed by atoms with Gasteiger partial charge >= 0.3 is 0 Å². The van der Waals surface area contributed by atoms with Crippen LogP contribution in [0.15, 0.2) is 0 Å². The van der Waals surface area contributed by atoms with Gasteiger partial charge < -0.3 is 38.4 Å². The molecular formula is C4H22N4O5S. The number of hydrogen-bond acceptors (Lipinski definition) is 6. The largest absolute Gasteiger partial charge is 0.852 e. The Bertz CT molecular complexity index is 163. The monoisotopic (exact) mass is 238 g/mol. The summed E-state index contributed by atoms with van der Waals surface area (Å²) in [5.74, 6) is 0. The first-order valence-electron chi connectivity index (χ1n) is 2.80. The molecule has 0 saturated heterocycles. The van der Waals surface area contributed by atoms with Crippen LogP contribution in [-0.2, 0) is 10.4 Å². The van der Waals surface area contributed by atoms with E-state index >= 15 is 0 Å². The van der Waals surface area contributed by atoms with Crippen LogP contribution in [0, 0.1) is 0 Å². The van der Waals surface area contributed by atoms with Gasteiger partial charge in [0.2, 0.25) is 0 Å². The lowest BCUT2D eigenvalue weighted by molar-refractivity contribution is -0.414. The summed E-state index contributed by atoms with van der Waals surface area (Å²) in [6.45, 7) is 2.14. The highest BCUT2D eigenvalue weighted by molar-refractivity contribution is 7.79. The van der Waals surface area contributed by atoms with Crippen molar-refractivity contribution < 1.29 is 22.6 Å². The van der Waals surface area contributed by atoms with Crippen LogP contribution in [0.2, 0.25) is 0 Å². The van der Waals surface area contributed by atoms with Crippen LogP contribution in [0.25, 0.3) is 0 Å².